The lowest BCUT2D eigenvalue weighted by Gasteiger charge is -2.09. The number of hydrogen-bond donors (Lipinski definition) is 1. The van der Waals surface area contributed by atoms with Gasteiger partial charge in [0.25, 0.3) is 5.91 Å². The van der Waals surface area contributed by atoms with Gasteiger partial charge in [0.15, 0.2) is 18.2 Å². The Morgan fingerprint density at radius 2 is 1.67 bits per heavy atom. The highest BCUT2D eigenvalue weighted by atomic mass is 16.5. The molecule has 0 bridgehead atoms. The molecule has 7 heteroatoms. The van der Waals surface area contributed by atoms with Gasteiger partial charge in [0.1, 0.15) is 5.76 Å². The van der Waals surface area contributed by atoms with Gasteiger partial charge >= 0.3 is 5.97 Å². The van der Waals surface area contributed by atoms with Crippen molar-refractivity contribution < 1.29 is 23.6 Å². The first-order chi connectivity index (χ1) is 13.0. The van der Waals surface area contributed by atoms with Crippen LogP contribution in [0.4, 0.5) is 5.82 Å². The van der Waals surface area contributed by atoms with Crippen LogP contribution in [-0.4, -0.2) is 29.4 Å². The molecule has 0 aliphatic rings. The molecule has 27 heavy (non-hydrogen) atoms. The Kier molecular flexibility index (Phi) is 5.41. The number of aromatic nitrogens is 1. The third kappa shape index (κ3) is 4.46. The van der Waals surface area contributed by atoms with Crippen LogP contribution in [0.15, 0.2) is 65.2 Å². The maximum atomic E-state index is 12.6. The molecule has 1 heterocycles. The molecule has 0 fully saturated rings. The molecule has 3 rings (SSSR count). The lowest BCUT2D eigenvalue weighted by molar-refractivity contribution is -0.119. The standard InChI is InChI=1S/C20H16N2O5/c1-13-11-17(22-27-13)21-18(23)12-26-20(25)16-10-6-5-9-15(16)19(24)14-7-3-2-4-8-14/h2-11H,12H2,1H3,(H,21,22,23). The van der Waals surface area contributed by atoms with Crippen LogP contribution in [0.2, 0.25) is 0 Å². The molecule has 0 saturated carbocycles. The summed E-state index contributed by atoms with van der Waals surface area (Å²) in [5.74, 6) is -0.862. The second-order valence-corrected chi connectivity index (χ2v) is 5.69. The summed E-state index contributed by atoms with van der Waals surface area (Å²) in [6.45, 7) is 1.17. The van der Waals surface area contributed by atoms with Crippen LogP contribution in [-0.2, 0) is 9.53 Å². The fraction of sp³-hybridized carbons (Fsp3) is 0.100. The molecule has 1 amide bonds. The van der Waals surface area contributed by atoms with Crippen LogP contribution < -0.4 is 5.32 Å². The number of ether oxygens (including phenoxy) is 1. The van der Waals surface area contributed by atoms with Gasteiger partial charge in [-0.1, -0.05) is 53.7 Å². The molecule has 1 N–H and O–H groups in total. The summed E-state index contributed by atoms with van der Waals surface area (Å²) in [6, 6.07) is 16.5. The molecule has 1 aromatic heterocycles. The van der Waals surface area contributed by atoms with E-state index in [9.17, 15) is 14.4 Å². The predicted molar refractivity (Wildman–Crippen MR) is 96.5 cm³/mol. The maximum absolute atomic E-state index is 12.6. The summed E-state index contributed by atoms with van der Waals surface area (Å²) < 4.78 is 9.87. The molecular weight excluding hydrogens is 348 g/mol. The van der Waals surface area contributed by atoms with Crippen LogP contribution in [0.25, 0.3) is 0 Å². The molecule has 0 aliphatic carbocycles. The van der Waals surface area contributed by atoms with Crippen molar-refractivity contribution in [2.75, 3.05) is 11.9 Å². The van der Waals surface area contributed by atoms with Crippen molar-refractivity contribution in [2.24, 2.45) is 0 Å². The first-order valence-corrected chi connectivity index (χ1v) is 8.13. The third-order valence-corrected chi connectivity index (χ3v) is 3.66. The van der Waals surface area contributed by atoms with E-state index in [4.69, 9.17) is 9.26 Å². The van der Waals surface area contributed by atoms with Crippen molar-refractivity contribution in [3.8, 4) is 0 Å². The van der Waals surface area contributed by atoms with Gasteiger partial charge in [-0.25, -0.2) is 4.79 Å². The number of benzene rings is 2. The van der Waals surface area contributed by atoms with Crippen LogP contribution in [0, 0.1) is 6.92 Å². The van der Waals surface area contributed by atoms with Crippen LogP contribution in [0.5, 0.6) is 0 Å². The zero-order valence-electron chi connectivity index (χ0n) is 14.5. The summed E-state index contributed by atoms with van der Waals surface area (Å²) in [4.78, 5) is 36.9. The summed E-state index contributed by atoms with van der Waals surface area (Å²) in [5, 5.41) is 6.06. The number of aryl methyl sites for hydroxylation is 1. The number of hydrogen-bond acceptors (Lipinski definition) is 6. The number of esters is 1. The Morgan fingerprint density at radius 3 is 2.33 bits per heavy atom. The van der Waals surface area contributed by atoms with E-state index in [2.05, 4.69) is 10.5 Å². The SMILES string of the molecule is Cc1cc(NC(=O)COC(=O)c2ccccc2C(=O)c2ccccc2)no1. The highest BCUT2D eigenvalue weighted by Gasteiger charge is 2.20. The first kappa shape index (κ1) is 18.1. The molecule has 0 spiro atoms. The minimum Gasteiger partial charge on any atom is -0.452 e. The van der Waals surface area contributed by atoms with Crippen LogP contribution in [0.1, 0.15) is 32.0 Å². The second kappa shape index (κ2) is 8.09. The molecule has 136 valence electrons. The molecule has 7 nitrogen and oxygen atoms in total. The number of anilines is 1. The number of rotatable bonds is 6. The van der Waals surface area contributed by atoms with E-state index in [1.165, 1.54) is 12.1 Å². The van der Waals surface area contributed by atoms with Crippen molar-refractivity contribution in [3.63, 3.8) is 0 Å². The van der Waals surface area contributed by atoms with Crippen molar-refractivity contribution >= 4 is 23.5 Å². The number of carbonyl (C=O) groups is 3. The smallest absolute Gasteiger partial charge is 0.339 e. The Labute approximate surface area is 154 Å². The zero-order valence-corrected chi connectivity index (χ0v) is 14.5. The molecule has 0 radical (unpaired) electrons. The van der Waals surface area contributed by atoms with E-state index in [0.29, 0.717) is 11.3 Å². The quantitative estimate of drug-likeness (QED) is 0.533. The van der Waals surface area contributed by atoms with Gasteiger partial charge in [0.05, 0.1) is 5.56 Å². The highest BCUT2D eigenvalue weighted by Crippen LogP contribution is 2.16. The fourth-order valence-corrected chi connectivity index (χ4v) is 2.42. The van der Waals surface area contributed by atoms with Gasteiger partial charge in [-0.3, -0.25) is 9.59 Å². The van der Waals surface area contributed by atoms with Crippen molar-refractivity contribution in [3.05, 3.63) is 83.1 Å². The topological polar surface area (TPSA) is 98.5 Å². The van der Waals surface area contributed by atoms with Gasteiger partial charge < -0.3 is 14.6 Å². The second-order valence-electron chi connectivity index (χ2n) is 5.69. The number of nitrogens with zero attached hydrogens (tertiary/aromatic N) is 1. The largest absolute Gasteiger partial charge is 0.452 e. The van der Waals surface area contributed by atoms with E-state index in [0.717, 1.165) is 0 Å². The van der Waals surface area contributed by atoms with E-state index < -0.39 is 18.5 Å². The van der Waals surface area contributed by atoms with Gasteiger partial charge in [-0.15, -0.1) is 0 Å². The molecule has 0 atom stereocenters. The first-order valence-electron chi connectivity index (χ1n) is 8.13. The molecule has 0 unspecified atom stereocenters. The van der Waals surface area contributed by atoms with Crippen LogP contribution >= 0.6 is 0 Å². The molecular formula is C20H16N2O5. The Morgan fingerprint density at radius 1 is 1.00 bits per heavy atom. The average molecular weight is 364 g/mol. The van der Waals surface area contributed by atoms with Gasteiger partial charge in [0, 0.05) is 17.2 Å². The van der Waals surface area contributed by atoms with Crippen molar-refractivity contribution in [1.29, 1.82) is 0 Å². The number of carbonyl (C=O) groups excluding carboxylic acids is 3. The van der Waals surface area contributed by atoms with E-state index in [1.807, 2.05) is 0 Å². The van der Waals surface area contributed by atoms with Crippen molar-refractivity contribution in [2.45, 2.75) is 6.92 Å². The highest BCUT2D eigenvalue weighted by molar-refractivity contribution is 6.14. The monoisotopic (exact) mass is 364 g/mol. The maximum Gasteiger partial charge on any atom is 0.339 e. The normalized spacial score (nSPS) is 10.3. The Hall–Kier alpha value is -3.74. The molecule has 0 aliphatic heterocycles. The van der Waals surface area contributed by atoms with Gasteiger partial charge in [0.2, 0.25) is 0 Å². The minimum atomic E-state index is -0.763. The Bertz CT molecular complexity index is 979. The summed E-state index contributed by atoms with van der Waals surface area (Å²) >= 11 is 0. The number of ketones is 1. The van der Waals surface area contributed by atoms with Crippen molar-refractivity contribution in [1.82, 2.24) is 5.16 Å². The van der Waals surface area contributed by atoms with E-state index >= 15 is 0 Å². The van der Waals surface area contributed by atoms with E-state index in [-0.39, 0.29) is 22.7 Å². The molecule has 3 aromatic rings. The lowest BCUT2D eigenvalue weighted by Crippen LogP contribution is -2.22. The Balaban J connectivity index is 1.68. The zero-order chi connectivity index (χ0) is 19.2. The summed E-state index contributed by atoms with van der Waals surface area (Å²) in [6.07, 6.45) is 0. The van der Waals surface area contributed by atoms with Gasteiger partial charge in [-0.05, 0) is 13.0 Å². The molecule has 0 saturated heterocycles. The summed E-state index contributed by atoms with van der Waals surface area (Å²) in [5.41, 5.74) is 0.759. The minimum absolute atomic E-state index is 0.0939. The fourth-order valence-electron chi connectivity index (χ4n) is 2.42. The average Bonchev–Trinajstić information content (AvgIpc) is 3.10. The predicted octanol–water partition coefficient (Wildman–Crippen LogP) is 3.01. The number of nitrogens with one attached hydrogen (secondary N) is 1. The summed E-state index contributed by atoms with van der Waals surface area (Å²) in [7, 11) is 0. The number of amides is 1. The van der Waals surface area contributed by atoms with Gasteiger partial charge in [-0.2, -0.15) is 0 Å². The molecule has 2 aromatic carbocycles. The lowest BCUT2D eigenvalue weighted by atomic mass is 9.98. The third-order valence-electron chi connectivity index (χ3n) is 3.66. The van der Waals surface area contributed by atoms with E-state index in [1.54, 1.807) is 55.5 Å². The van der Waals surface area contributed by atoms with Crippen LogP contribution in [0.3, 0.4) is 0 Å².